The van der Waals surface area contributed by atoms with Crippen molar-refractivity contribution in [2.75, 3.05) is 13.1 Å². The second-order valence-electron chi connectivity index (χ2n) is 4.69. The molecule has 1 aromatic rings. The van der Waals surface area contributed by atoms with Crippen molar-refractivity contribution in [2.45, 2.75) is 24.2 Å². The molecule has 22 heavy (non-hydrogen) atoms. The molecule has 0 aromatic heterocycles. The molecule has 0 aliphatic heterocycles. The van der Waals surface area contributed by atoms with Gasteiger partial charge < -0.3 is 10.0 Å². The molecule has 1 rings (SSSR count). The summed E-state index contributed by atoms with van der Waals surface area (Å²) in [6.07, 6.45) is 9.50. The minimum absolute atomic E-state index is 0.0154. The van der Waals surface area contributed by atoms with Crippen LogP contribution in [-0.4, -0.2) is 35.0 Å². The molecule has 0 atom stereocenters. The number of carboxylic acid groups (broad SMARTS) is 1. The van der Waals surface area contributed by atoms with E-state index in [1.165, 1.54) is 4.90 Å². The van der Waals surface area contributed by atoms with E-state index in [0.29, 0.717) is 13.0 Å². The Morgan fingerprint density at radius 1 is 1.32 bits per heavy atom. The molecule has 0 aliphatic carbocycles. The summed E-state index contributed by atoms with van der Waals surface area (Å²) < 4.78 is 0. The van der Waals surface area contributed by atoms with Crippen LogP contribution in [0.25, 0.3) is 6.08 Å². The number of thiol groups is 1. The van der Waals surface area contributed by atoms with Crippen LogP contribution in [0.2, 0.25) is 0 Å². The molecule has 0 unspecified atom stereocenters. The third-order valence-electron chi connectivity index (χ3n) is 2.98. The number of rotatable bonds is 8. The Morgan fingerprint density at radius 3 is 2.68 bits per heavy atom. The average molecular weight is 317 g/mol. The van der Waals surface area contributed by atoms with Crippen LogP contribution >= 0.6 is 12.6 Å². The molecule has 0 fully saturated rings. The van der Waals surface area contributed by atoms with Crippen molar-refractivity contribution < 1.29 is 14.7 Å². The van der Waals surface area contributed by atoms with Gasteiger partial charge in [0, 0.05) is 24.3 Å². The Kier molecular flexibility index (Phi) is 7.87. The number of benzene rings is 1. The summed E-state index contributed by atoms with van der Waals surface area (Å²) in [7, 11) is 0. The highest BCUT2D eigenvalue weighted by molar-refractivity contribution is 7.80. The third-order valence-corrected chi connectivity index (χ3v) is 3.38. The number of aliphatic carboxylic acids is 1. The van der Waals surface area contributed by atoms with Crippen LogP contribution < -0.4 is 0 Å². The first-order chi connectivity index (χ1) is 10.5. The van der Waals surface area contributed by atoms with Gasteiger partial charge in [-0.1, -0.05) is 36.3 Å². The fraction of sp³-hybridized carbons (Fsp3) is 0.294. The largest absolute Gasteiger partial charge is 0.481 e. The van der Waals surface area contributed by atoms with Gasteiger partial charge in [0.1, 0.15) is 0 Å². The molecule has 0 saturated heterocycles. The van der Waals surface area contributed by atoms with Crippen molar-refractivity contribution in [1.82, 2.24) is 4.90 Å². The summed E-state index contributed by atoms with van der Waals surface area (Å²) in [5, 5.41) is 8.59. The fourth-order valence-electron chi connectivity index (χ4n) is 1.85. The van der Waals surface area contributed by atoms with Gasteiger partial charge in [-0.2, -0.15) is 0 Å². The standard InChI is InChI=1S/C17H19NO3S/c1-2-12-18(16(19)10-5-11-17(20)21)13-6-8-14-7-3-4-9-15(14)22/h1,3-4,6-9,22H,5,10-13H2,(H,20,21)/b8-6+. The Hall–Kier alpha value is -2.19. The van der Waals surface area contributed by atoms with Gasteiger partial charge in [-0.05, 0) is 18.1 Å². The smallest absolute Gasteiger partial charge is 0.303 e. The number of carbonyl (C=O) groups is 2. The Bertz CT molecular complexity index is 590. The lowest BCUT2D eigenvalue weighted by atomic mass is 10.2. The van der Waals surface area contributed by atoms with E-state index in [1.807, 2.05) is 36.4 Å². The molecule has 0 radical (unpaired) electrons. The Balaban J connectivity index is 2.57. The molecule has 0 bridgehead atoms. The highest BCUT2D eigenvalue weighted by Gasteiger charge is 2.11. The molecule has 4 nitrogen and oxygen atoms in total. The van der Waals surface area contributed by atoms with E-state index in [2.05, 4.69) is 18.5 Å². The monoisotopic (exact) mass is 317 g/mol. The van der Waals surface area contributed by atoms with Crippen molar-refractivity contribution in [3.05, 3.63) is 35.9 Å². The van der Waals surface area contributed by atoms with Gasteiger partial charge in [0.25, 0.3) is 0 Å². The molecular weight excluding hydrogens is 298 g/mol. The average Bonchev–Trinajstić information content (AvgIpc) is 2.47. The lowest BCUT2D eigenvalue weighted by Crippen LogP contribution is -2.31. The molecular formula is C17H19NO3S. The summed E-state index contributed by atoms with van der Waals surface area (Å²) in [4.78, 5) is 24.9. The molecule has 0 aliphatic rings. The van der Waals surface area contributed by atoms with Crippen molar-refractivity contribution in [3.8, 4) is 12.3 Å². The maximum atomic E-state index is 12.0. The Labute approximate surface area is 136 Å². The summed E-state index contributed by atoms with van der Waals surface area (Å²) in [5.41, 5.74) is 0.963. The van der Waals surface area contributed by atoms with Gasteiger partial charge in [0.2, 0.25) is 5.91 Å². The number of terminal acetylenes is 1. The number of nitrogens with zero attached hydrogens (tertiary/aromatic N) is 1. The van der Waals surface area contributed by atoms with Crippen LogP contribution in [0.5, 0.6) is 0 Å². The van der Waals surface area contributed by atoms with Crippen molar-refractivity contribution in [1.29, 1.82) is 0 Å². The minimum Gasteiger partial charge on any atom is -0.481 e. The van der Waals surface area contributed by atoms with Gasteiger partial charge in [-0.25, -0.2) is 0 Å². The number of hydrogen-bond donors (Lipinski definition) is 2. The maximum Gasteiger partial charge on any atom is 0.303 e. The van der Waals surface area contributed by atoms with Gasteiger partial charge in [0.15, 0.2) is 0 Å². The summed E-state index contributed by atoms with van der Waals surface area (Å²) in [6.45, 7) is 0.594. The van der Waals surface area contributed by atoms with E-state index >= 15 is 0 Å². The minimum atomic E-state index is -0.901. The van der Waals surface area contributed by atoms with Crippen LogP contribution in [0.15, 0.2) is 35.2 Å². The van der Waals surface area contributed by atoms with E-state index in [4.69, 9.17) is 11.5 Å². The summed E-state index contributed by atoms with van der Waals surface area (Å²) >= 11 is 4.35. The summed E-state index contributed by atoms with van der Waals surface area (Å²) in [6, 6.07) is 7.63. The van der Waals surface area contributed by atoms with Crippen LogP contribution in [0.3, 0.4) is 0 Å². The first-order valence-electron chi connectivity index (χ1n) is 6.92. The zero-order valence-electron chi connectivity index (χ0n) is 12.2. The second kappa shape index (κ2) is 9.69. The number of carbonyl (C=O) groups excluding carboxylic acids is 1. The summed E-state index contributed by atoms with van der Waals surface area (Å²) in [5.74, 6) is 1.41. The molecule has 0 spiro atoms. The molecule has 1 amide bonds. The maximum absolute atomic E-state index is 12.0. The van der Waals surface area contributed by atoms with Gasteiger partial charge in [-0.15, -0.1) is 19.1 Å². The van der Waals surface area contributed by atoms with E-state index in [0.717, 1.165) is 10.5 Å². The van der Waals surface area contributed by atoms with E-state index in [-0.39, 0.29) is 25.3 Å². The van der Waals surface area contributed by atoms with E-state index in [9.17, 15) is 9.59 Å². The molecule has 0 heterocycles. The molecule has 5 heteroatoms. The van der Waals surface area contributed by atoms with E-state index < -0.39 is 5.97 Å². The van der Waals surface area contributed by atoms with Crippen molar-refractivity contribution in [2.24, 2.45) is 0 Å². The van der Waals surface area contributed by atoms with Gasteiger partial charge in [-0.3, -0.25) is 9.59 Å². The first kappa shape index (κ1) is 17.9. The van der Waals surface area contributed by atoms with Crippen LogP contribution in [-0.2, 0) is 9.59 Å². The quantitative estimate of drug-likeness (QED) is 0.572. The zero-order valence-corrected chi connectivity index (χ0v) is 13.1. The fourth-order valence-corrected chi connectivity index (χ4v) is 2.08. The van der Waals surface area contributed by atoms with Crippen molar-refractivity contribution in [3.63, 3.8) is 0 Å². The molecule has 0 saturated carbocycles. The van der Waals surface area contributed by atoms with Crippen molar-refractivity contribution >= 4 is 30.6 Å². The van der Waals surface area contributed by atoms with Crippen LogP contribution in [0, 0.1) is 12.3 Å². The highest BCUT2D eigenvalue weighted by atomic mass is 32.1. The lowest BCUT2D eigenvalue weighted by Gasteiger charge is -2.18. The third kappa shape index (κ3) is 6.51. The normalized spacial score (nSPS) is 10.4. The topological polar surface area (TPSA) is 57.6 Å². The number of carboxylic acids is 1. The second-order valence-corrected chi connectivity index (χ2v) is 5.17. The number of amides is 1. The van der Waals surface area contributed by atoms with Crippen LogP contribution in [0.4, 0.5) is 0 Å². The van der Waals surface area contributed by atoms with Gasteiger partial charge >= 0.3 is 5.97 Å². The molecule has 1 aromatic carbocycles. The predicted molar refractivity (Wildman–Crippen MR) is 89.6 cm³/mol. The Morgan fingerprint density at radius 2 is 2.05 bits per heavy atom. The molecule has 1 N–H and O–H groups in total. The lowest BCUT2D eigenvalue weighted by molar-refractivity contribution is -0.137. The zero-order chi connectivity index (χ0) is 16.4. The SMILES string of the molecule is C#CCN(C/C=C/c1ccccc1S)C(=O)CCCC(=O)O. The van der Waals surface area contributed by atoms with Crippen LogP contribution in [0.1, 0.15) is 24.8 Å². The first-order valence-corrected chi connectivity index (χ1v) is 7.37. The molecule has 116 valence electrons. The van der Waals surface area contributed by atoms with Gasteiger partial charge in [0.05, 0.1) is 6.54 Å². The predicted octanol–water partition coefficient (Wildman–Crippen LogP) is 2.71. The highest BCUT2D eigenvalue weighted by Crippen LogP contribution is 2.14. The number of hydrogen-bond acceptors (Lipinski definition) is 3. The van der Waals surface area contributed by atoms with E-state index in [1.54, 1.807) is 0 Å².